The molecule has 2 rings (SSSR count). The summed E-state index contributed by atoms with van der Waals surface area (Å²) in [6.45, 7) is 20.4. The zero-order chi connectivity index (χ0) is 25.4. The first-order valence-corrected chi connectivity index (χ1v) is 15.1. The fourth-order valence-corrected chi connectivity index (χ4v) is 5.79. The van der Waals surface area contributed by atoms with Crippen molar-refractivity contribution in [3.8, 4) is 0 Å². The maximum absolute atomic E-state index is 13.3. The highest BCUT2D eigenvalue weighted by atomic mass is 32.1. The van der Waals surface area contributed by atoms with Gasteiger partial charge in [-0.3, -0.25) is 9.59 Å². The third-order valence-corrected chi connectivity index (χ3v) is 12.0. The molecule has 4 atom stereocenters. The lowest BCUT2D eigenvalue weighted by atomic mass is 9.74. The smallest absolute Gasteiger partial charge is 0.326 e. The second-order valence-electron chi connectivity index (χ2n) is 11.7. The first kappa shape index (κ1) is 27.7. The van der Waals surface area contributed by atoms with E-state index >= 15 is 0 Å². The van der Waals surface area contributed by atoms with Crippen molar-refractivity contribution in [2.75, 3.05) is 6.54 Å². The summed E-state index contributed by atoms with van der Waals surface area (Å²) in [5.74, 6) is -0.939. The minimum Gasteiger partial charge on any atom is -0.459 e. The fourth-order valence-electron chi connectivity index (χ4n) is 4.09. The first-order chi connectivity index (χ1) is 15.0. The predicted octanol–water partition coefficient (Wildman–Crippen LogP) is 5.62. The van der Waals surface area contributed by atoms with Crippen molar-refractivity contribution in [3.05, 3.63) is 35.9 Å². The largest absolute Gasteiger partial charge is 0.459 e. The van der Waals surface area contributed by atoms with Crippen molar-refractivity contribution in [1.29, 1.82) is 0 Å². The standard InChI is InChI=1S/C26H41NO4SSi/c1-17(23(32)19-14-12-11-13-15-19)22-21(18(2)31-33(9,10)26(6,7)8)24(29)27(22)16-20(28)30-25(3,4)5/h11-15,17-18,21-22H,16H2,1-10H3/t17-,18-,21-,22-/m1/s1. The highest BCUT2D eigenvalue weighted by molar-refractivity contribution is 7.80. The van der Waals surface area contributed by atoms with Crippen LogP contribution in [0.1, 0.15) is 61.0 Å². The minimum atomic E-state index is -2.08. The molecular formula is C26H41NO4SSi. The number of esters is 1. The van der Waals surface area contributed by atoms with E-state index in [9.17, 15) is 9.59 Å². The molecule has 0 aromatic heterocycles. The lowest BCUT2D eigenvalue weighted by Gasteiger charge is -2.53. The Kier molecular flexibility index (Phi) is 8.35. The van der Waals surface area contributed by atoms with E-state index in [1.165, 1.54) is 0 Å². The average Bonchev–Trinajstić information content (AvgIpc) is 2.66. The Morgan fingerprint density at radius 1 is 1.09 bits per heavy atom. The van der Waals surface area contributed by atoms with Crippen LogP contribution in [-0.4, -0.2) is 54.2 Å². The predicted molar refractivity (Wildman–Crippen MR) is 140 cm³/mol. The maximum Gasteiger partial charge on any atom is 0.326 e. The topological polar surface area (TPSA) is 55.8 Å². The lowest BCUT2D eigenvalue weighted by molar-refractivity contribution is -0.176. The van der Waals surface area contributed by atoms with Gasteiger partial charge in [0.1, 0.15) is 12.1 Å². The minimum absolute atomic E-state index is 0.0324. The molecule has 1 aromatic rings. The molecule has 1 aliphatic rings. The van der Waals surface area contributed by atoms with Crippen LogP contribution in [0.3, 0.4) is 0 Å². The van der Waals surface area contributed by atoms with Crippen LogP contribution in [0.25, 0.3) is 0 Å². The number of likely N-dealkylation sites (tertiary alicyclic amines) is 1. The molecule has 5 nitrogen and oxygen atoms in total. The summed E-state index contributed by atoms with van der Waals surface area (Å²) in [5.41, 5.74) is 0.358. The zero-order valence-corrected chi connectivity index (χ0v) is 23.7. The van der Waals surface area contributed by atoms with Gasteiger partial charge in [0.25, 0.3) is 0 Å². The van der Waals surface area contributed by atoms with Crippen LogP contribution in [0.4, 0.5) is 0 Å². The molecule has 1 fully saturated rings. The molecule has 0 N–H and O–H groups in total. The van der Waals surface area contributed by atoms with Gasteiger partial charge < -0.3 is 14.1 Å². The lowest BCUT2D eigenvalue weighted by Crippen LogP contribution is -2.69. The van der Waals surface area contributed by atoms with Gasteiger partial charge in [0.2, 0.25) is 5.91 Å². The fraction of sp³-hybridized carbons (Fsp3) is 0.654. The normalized spacial score (nSPS) is 21.3. The van der Waals surface area contributed by atoms with E-state index in [2.05, 4.69) is 33.9 Å². The number of nitrogens with zero attached hydrogens (tertiary/aromatic N) is 1. The molecule has 1 aromatic carbocycles. The van der Waals surface area contributed by atoms with Crippen LogP contribution in [0.15, 0.2) is 30.3 Å². The van der Waals surface area contributed by atoms with Crippen LogP contribution < -0.4 is 0 Å². The van der Waals surface area contributed by atoms with Crippen LogP contribution in [0.5, 0.6) is 0 Å². The molecule has 0 spiro atoms. The number of hydrogen-bond acceptors (Lipinski definition) is 5. The van der Waals surface area contributed by atoms with Gasteiger partial charge in [-0.25, -0.2) is 0 Å². The number of thiocarbonyl (C=S) groups is 1. The van der Waals surface area contributed by atoms with E-state index in [0.717, 1.165) is 10.4 Å². The molecule has 0 saturated carbocycles. The second-order valence-corrected chi connectivity index (χ2v) is 16.9. The Morgan fingerprint density at radius 2 is 1.64 bits per heavy atom. The van der Waals surface area contributed by atoms with Crippen molar-refractivity contribution < 1.29 is 18.8 Å². The highest BCUT2D eigenvalue weighted by Gasteiger charge is 2.55. The molecule has 7 heteroatoms. The summed E-state index contributed by atoms with van der Waals surface area (Å²) in [4.78, 5) is 28.3. The Hall–Kier alpha value is -1.57. The number of ether oxygens (including phenoxy) is 1. The summed E-state index contributed by atoms with van der Waals surface area (Å²) < 4.78 is 12.1. The van der Waals surface area contributed by atoms with E-state index in [0.29, 0.717) is 0 Å². The van der Waals surface area contributed by atoms with Gasteiger partial charge in [0, 0.05) is 10.8 Å². The summed E-state index contributed by atoms with van der Waals surface area (Å²) >= 11 is 5.83. The molecule has 0 radical (unpaired) electrons. The quantitative estimate of drug-likeness (QED) is 0.155. The number of β-lactam (4-membered cyclic amide) rings is 1. The van der Waals surface area contributed by atoms with Gasteiger partial charge in [-0.2, -0.15) is 0 Å². The van der Waals surface area contributed by atoms with Crippen molar-refractivity contribution in [2.24, 2.45) is 11.8 Å². The van der Waals surface area contributed by atoms with Crippen LogP contribution in [0, 0.1) is 11.8 Å². The van der Waals surface area contributed by atoms with Gasteiger partial charge in [-0.15, -0.1) is 0 Å². The van der Waals surface area contributed by atoms with E-state index in [1.807, 2.05) is 65.0 Å². The molecule has 1 saturated heterocycles. The van der Waals surface area contributed by atoms with Gasteiger partial charge in [-0.1, -0.05) is 70.2 Å². The SMILES string of the molecule is C[C@@H](O[Si](C)(C)C(C)(C)C)[C@H]1C(=O)N(CC(=O)OC(C)(C)C)[C@@H]1[C@@H](C)C(=S)c1ccccc1. The van der Waals surface area contributed by atoms with Crippen molar-refractivity contribution in [3.63, 3.8) is 0 Å². The van der Waals surface area contributed by atoms with Crippen molar-refractivity contribution >= 4 is 37.3 Å². The summed E-state index contributed by atoms with van der Waals surface area (Å²) in [5, 5.41) is 0.0324. The molecule has 1 aliphatic heterocycles. The Balaban J connectivity index is 2.31. The van der Waals surface area contributed by atoms with Crippen LogP contribution in [0.2, 0.25) is 18.1 Å². The molecule has 33 heavy (non-hydrogen) atoms. The van der Waals surface area contributed by atoms with Crippen molar-refractivity contribution in [1.82, 2.24) is 4.90 Å². The highest BCUT2D eigenvalue weighted by Crippen LogP contribution is 2.42. The average molecular weight is 492 g/mol. The van der Waals surface area contributed by atoms with Crippen molar-refractivity contribution in [2.45, 2.75) is 91.3 Å². The molecule has 0 unspecified atom stereocenters. The zero-order valence-electron chi connectivity index (χ0n) is 21.9. The number of benzene rings is 1. The second kappa shape index (κ2) is 9.96. The Labute approximate surface area is 206 Å². The first-order valence-electron chi connectivity index (χ1n) is 11.8. The van der Waals surface area contributed by atoms with E-state index in [1.54, 1.807) is 4.90 Å². The van der Waals surface area contributed by atoms with Gasteiger partial charge in [0.05, 0.1) is 18.1 Å². The monoisotopic (exact) mass is 491 g/mol. The third kappa shape index (κ3) is 6.52. The number of carbonyl (C=O) groups excluding carboxylic acids is 2. The maximum atomic E-state index is 13.3. The summed E-state index contributed by atoms with van der Waals surface area (Å²) in [6.07, 6.45) is -0.265. The van der Waals surface area contributed by atoms with Crippen LogP contribution in [-0.2, 0) is 18.8 Å². The third-order valence-electron chi connectivity index (χ3n) is 6.79. The number of hydrogen-bond donors (Lipinski definition) is 0. The summed E-state index contributed by atoms with van der Waals surface area (Å²) in [6, 6.07) is 9.62. The van der Waals surface area contributed by atoms with Gasteiger partial charge in [-0.05, 0) is 51.4 Å². The Morgan fingerprint density at radius 3 is 2.12 bits per heavy atom. The number of carbonyl (C=O) groups is 2. The van der Waals surface area contributed by atoms with Gasteiger partial charge in [0.15, 0.2) is 8.32 Å². The number of rotatable bonds is 8. The van der Waals surface area contributed by atoms with Gasteiger partial charge >= 0.3 is 5.97 Å². The molecular weight excluding hydrogens is 450 g/mol. The number of amides is 1. The Bertz CT molecular complexity index is 873. The molecule has 184 valence electrons. The molecule has 1 heterocycles. The molecule has 0 bridgehead atoms. The molecule has 1 amide bonds. The van der Waals surface area contributed by atoms with E-state index < -0.39 is 19.9 Å². The summed E-state index contributed by atoms with van der Waals surface area (Å²) in [7, 11) is -2.08. The van der Waals surface area contributed by atoms with E-state index in [4.69, 9.17) is 21.4 Å². The van der Waals surface area contributed by atoms with Crippen LogP contribution >= 0.6 is 12.2 Å². The molecule has 0 aliphatic carbocycles. The van der Waals surface area contributed by atoms with E-state index in [-0.39, 0.29) is 41.5 Å².